The van der Waals surface area contributed by atoms with E-state index in [4.69, 9.17) is 24.4 Å². The van der Waals surface area contributed by atoms with E-state index in [1.54, 1.807) is 14.2 Å². The minimum absolute atomic E-state index is 0.0235. The Balaban J connectivity index is 0.000000390. The second-order valence-electron chi connectivity index (χ2n) is 6.98. The van der Waals surface area contributed by atoms with Crippen molar-refractivity contribution in [2.24, 2.45) is 0 Å². The van der Waals surface area contributed by atoms with Crippen LogP contribution in [0.2, 0.25) is 0 Å². The molecule has 8 heteroatoms. The van der Waals surface area contributed by atoms with Gasteiger partial charge in [0.05, 0.1) is 14.2 Å². The average Bonchev–Trinajstić information content (AvgIpc) is 2.96. The summed E-state index contributed by atoms with van der Waals surface area (Å²) in [5.74, 6) is -0.0940. The van der Waals surface area contributed by atoms with Gasteiger partial charge in [-0.3, -0.25) is 4.90 Å². The topological polar surface area (TPSA) is 106 Å². The van der Waals surface area contributed by atoms with Crippen molar-refractivity contribution in [3.63, 3.8) is 0 Å². The molecule has 0 amide bonds. The van der Waals surface area contributed by atoms with Gasteiger partial charge in [-0.25, -0.2) is 9.59 Å². The van der Waals surface area contributed by atoms with E-state index in [0.29, 0.717) is 12.2 Å². The van der Waals surface area contributed by atoms with Crippen LogP contribution >= 0.6 is 0 Å². The Bertz CT molecular complexity index is 911. The van der Waals surface area contributed by atoms with Gasteiger partial charge in [-0.1, -0.05) is 25.1 Å². The lowest BCUT2D eigenvalue weighted by Gasteiger charge is -2.25. The molecule has 1 heterocycles. The highest BCUT2D eigenvalue weighted by Crippen LogP contribution is 2.37. The molecule has 8 nitrogen and oxygen atoms in total. The summed E-state index contributed by atoms with van der Waals surface area (Å²) >= 11 is 0. The summed E-state index contributed by atoms with van der Waals surface area (Å²) in [6.07, 6.45) is 2.08. The second kappa shape index (κ2) is 12.4. The fourth-order valence-electron chi connectivity index (χ4n) is 3.35. The Kier molecular flexibility index (Phi) is 9.56. The van der Waals surface area contributed by atoms with Crippen LogP contribution in [-0.2, 0) is 16.0 Å². The van der Waals surface area contributed by atoms with Gasteiger partial charge in [-0.2, -0.15) is 0 Å². The minimum Gasteiger partial charge on any atom is -0.493 e. The maximum absolute atomic E-state index is 9.55. The van der Waals surface area contributed by atoms with Crippen LogP contribution in [0.3, 0.4) is 0 Å². The molecular weight excluding hydrogens is 414 g/mol. The third kappa shape index (κ3) is 7.31. The third-order valence-corrected chi connectivity index (χ3v) is 4.95. The van der Waals surface area contributed by atoms with Crippen molar-refractivity contribution in [3.8, 4) is 17.2 Å². The van der Waals surface area contributed by atoms with Gasteiger partial charge in [0.25, 0.3) is 0 Å². The SMILES string of the molecule is CCN1CCc2cc(OC)c(OC)cc2C(Oc2ccccc2)C1.O=C(O)/C=C\C(=O)O. The zero-order valence-corrected chi connectivity index (χ0v) is 18.5. The molecule has 1 aliphatic rings. The number of hydrogen-bond donors (Lipinski definition) is 2. The van der Waals surface area contributed by atoms with E-state index in [-0.39, 0.29) is 6.10 Å². The first-order valence-corrected chi connectivity index (χ1v) is 10.2. The molecule has 1 atom stereocenters. The first-order chi connectivity index (χ1) is 15.4. The first kappa shape index (κ1) is 24.7. The maximum Gasteiger partial charge on any atom is 0.328 e. The van der Waals surface area contributed by atoms with Gasteiger partial charge in [0.15, 0.2) is 11.5 Å². The van der Waals surface area contributed by atoms with Gasteiger partial charge in [0.2, 0.25) is 0 Å². The predicted octanol–water partition coefficient (Wildman–Crippen LogP) is 3.41. The number of ether oxygens (including phenoxy) is 3. The maximum atomic E-state index is 9.55. The molecule has 1 aliphatic heterocycles. The van der Waals surface area contributed by atoms with E-state index in [2.05, 4.69) is 24.0 Å². The number of rotatable bonds is 7. The highest BCUT2D eigenvalue weighted by molar-refractivity contribution is 5.89. The molecule has 32 heavy (non-hydrogen) atoms. The van der Waals surface area contributed by atoms with Gasteiger partial charge in [-0.05, 0) is 42.8 Å². The summed E-state index contributed by atoms with van der Waals surface area (Å²) in [7, 11) is 3.35. The van der Waals surface area contributed by atoms with Gasteiger partial charge >= 0.3 is 11.9 Å². The number of hydrogen-bond acceptors (Lipinski definition) is 6. The Morgan fingerprint density at radius 1 is 1.03 bits per heavy atom. The fraction of sp³-hybridized carbons (Fsp3) is 0.333. The van der Waals surface area contributed by atoms with E-state index in [1.807, 2.05) is 30.3 Å². The third-order valence-electron chi connectivity index (χ3n) is 4.95. The van der Waals surface area contributed by atoms with Crippen LogP contribution in [0.15, 0.2) is 54.6 Å². The lowest BCUT2D eigenvalue weighted by molar-refractivity contribution is -0.134. The largest absolute Gasteiger partial charge is 0.493 e. The number of carboxylic acids is 2. The molecule has 0 aliphatic carbocycles. The fourth-order valence-corrected chi connectivity index (χ4v) is 3.35. The number of aliphatic carboxylic acids is 2. The minimum atomic E-state index is -1.26. The lowest BCUT2D eigenvalue weighted by Crippen LogP contribution is -2.30. The number of carboxylic acid groups (broad SMARTS) is 2. The summed E-state index contributed by atoms with van der Waals surface area (Å²) in [6, 6.07) is 14.2. The zero-order valence-electron chi connectivity index (χ0n) is 18.5. The molecule has 0 radical (unpaired) electrons. The number of likely N-dealkylation sites (N-methyl/N-ethyl adjacent to an activating group) is 1. The summed E-state index contributed by atoms with van der Waals surface area (Å²) < 4.78 is 17.3. The van der Waals surface area contributed by atoms with Crippen molar-refractivity contribution >= 4 is 11.9 Å². The van der Waals surface area contributed by atoms with Crippen molar-refractivity contribution in [2.75, 3.05) is 33.9 Å². The molecular formula is C24H29NO7. The Hall–Kier alpha value is -3.52. The van der Waals surface area contributed by atoms with E-state index < -0.39 is 11.9 Å². The molecule has 0 saturated heterocycles. The first-order valence-electron chi connectivity index (χ1n) is 10.2. The lowest BCUT2D eigenvalue weighted by atomic mass is 10.00. The molecule has 2 aromatic rings. The van der Waals surface area contributed by atoms with Crippen LogP contribution in [-0.4, -0.2) is 60.9 Å². The van der Waals surface area contributed by atoms with Gasteiger partial charge < -0.3 is 24.4 Å². The molecule has 3 rings (SSSR count). The van der Waals surface area contributed by atoms with Crippen LogP contribution in [0.25, 0.3) is 0 Å². The van der Waals surface area contributed by atoms with Crippen molar-refractivity contribution in [1.29, 1.82) is 0 Å². The summed E-state index contributed by atoms with van der Waals surface area (Å²) in [6.45, 7) is 5.09. The summed E-state index contributed by atoms with van der Waals surface area (Å²) in [5.41, 5.74) is 2.46. The number of carbonyl (C=O) groups is 2. The van der Waals surface area contributed by atoms with Crippen LogP contribution in [0, 0.1) is 0 Å². The predicted molar refractivity (Wildman–Crippen MR) is 120 cm³/mol. The van der Waals surface area contributed by atoms with Crippen LogP contribution in [0.1, 0.15) is 24.2 Å². The molecule has 2 aromatic carbocycles. The van der Waals surface area contributed by atoms with Gasteiger partial charge in [-0.15, -0.1) is 0 Å². The van der Waals surface area contributed by atoms with Gasteiger partial charge in [0, 0.05) is 30.8 Å². The monoisotopic (exact) mass is 443 g/mol. The molecule has 172 valence electrons. The normalized spacial score (nSPS) is 15.7. The molecule has 1 unspecified atom stereocenters. The molecule has 2 N–H and O–H groups in total. The van der Waals surface area contributed by atoms with Crippen molar-refractivity contribution in [3.05, 3.63) is 65.7 Å². The standard InChI is InChI=1S/C20H25NO3.C4H4O4/c1-4-21-11-10-15-12-18(22-2)19(23-3)13-17(15)20(14-21)24-16-8-6-5-7-9-16;5-3(6)1-2-4(7)8/h5-9,12-13,20H,4,10-11,14H2,1-3H3;1-2H,(H,5,6)(H,7,8)/b;2-1-. The number of benzene rings is 2. The van der Waals surface area contributed by atoms with E-state index in [1.165, 1.54) is 11.1 Å². The Morgan fingerprint density at radius 2 is 1.62 bits per heavy atom. The Labute approximate surface area is 187 Å². The Morgan fingerprint density at radius 3 is 2.16 bits per heavy atom. The average molecular weight is 443 g/mol. The van der Waals surface area contributed by atoms with E-state index in [0.717, 1.165) is 43.3 Å². The smallest absolute Gasteiger partial charge is 0.328 e. The van der Waals surface area contributed by atoms with Crippen molar-refractivity contribution in [1.82, 2.24) is 4.90 Å². The van der Waals surface area contributed by atoms with Crippen molar-refractivity contribution in [2.45, 2.75) is 19.4 Å². The van der Waals surface area contributed by atoms with Crippen molar-refractivity contribution < 1.29 is 34.0 Å². The van der Waals surface area contributed by atoms with E-state index in [9.17, 15) is 9.59 Å². The number of nitrogens with zero attached hydrogens (tertiary/aromatic N) is 1. The van der Waals surface area contributed by atoms with Crippen LogP contribution in [0.5, 0.6) is 17.2 Å². The quantitative estimate of drug-likeness (QED) is 0.627. The van der Waals surface area contributed by atoms with Crippen LogP contribution < -0.4 is 14.2 Å². The second-order valence-corrected chi connectivity index (χ2v) is 6.98. The zero-order chi connectivity index (χ0) is 23.5. The molecule has 0 spiro atoms. The molecule has 0 fully saturated rings. The molecule has 0 bridgehead atoms. The number of methoxy groups -OCH3 is 2. The molecule has 0 saturated carbocycles. The highest BCUT2D eigenvalue weighted by Gasteiger charge is 2.26. The summed E-state index contributed by atoms with van der Waals surface area (Å²) in [5, 5.41) is 15.6. The molecule has 0 aromatic heterocycles. The summed E-state index contributed by atoms with van der Waals surface area (Å²) in [4.78, 5) is 21.5. The number of para-hydroxylation sites is 1. The van der Waals surface area contributed by atoms with Crippen LogP contribution in [0.4, 0.5) is 0 Å². The number of fused-ring (bicyclic) bond motifs is 1. The highest BCUT2D eigenvalue weighted by atomic mass is 16.5. The van der Waals surface area contributed by atoms with E-state index >= 15 is 0 Å². The van der Waals surface area contributed by atoms with Gasteiger partial charge in [0.1, 0.15) is 11.9 Å².